The van der Waals surface area contributed by atoms with E-state index in [9.17, 15) is 19.7 Å². The van der Waals surface area contributed by atoms with E-state index in [1.807, 2.05) is 24.3 Å². The highest BCUT2D eigenvalue weighted by Crippen LogP contribution is 2.36. The minimum Gasteiger partial charge on any atom is -0.326 e. The van der Waals surface area contributed by atoms with Crippen molar-refractivity contribution in [2.45, 2.75) is 23.5 Å². The lowest BCUT2D eigenvalue weighted by atomic mass is 10.1. The quantitative estimate of drug-likeness (QED) is 0.645. The molecule has 0 spiro atoms. The van der Waals surface area contributed by atoms with Gasteiger partial charge in [-0.05, 0) is 25.1 Å². The van der Waals surface area contributed by atoms with Gasteiger partial charge >= 0.3 is 0 Å². The lowest BCUT2D eigenvalue weighted by Crippen LogP contribution is -2.32. The van der Waals surface area contributed by atoms with Crippen LogP contribution in [-0.4, -0.2) is 22.0 Å². The SMILES string of the molecule is Cc1ccc(NC(=O)CC2Sc3ccccc3NC2=O)cc1[N+](=O)[O-]. The van der Waals surface area contributed by atoms with E-state index in [1.54, 1.807) is 19.1 Å². The van der Waals surface area contributed by atoms with Gasteiger partial charge in [-0.15, -0.1) is 11.8 Å². The molecule has 0 aliphatic carbocycles. The number of hydrogen-bond acceptors (Lipinski definition) is 5. The summed E-state index contributed by atoms with van der Waals surface area (Å²) in [5.41, 5.74) is 1.53. The number of rotatable bonds is 4. The van der Waals surface area contributed by atoms with Crippen LogP contribution in [0.25, 0.3) is 0 Å². The van der Waals surface area contributed by atoms with E-state index in [2.05, 4.69) is 10.6 Å². The van der Waals surface area contributed by atoms with Crippen LogP contribution in [0.4, 0.5) is 17.1 Å². The number of amides is 2. The molecule has 0 aromatic heterocycles. The van der Waals surface area contributed by atoms with E-state index in [0.717, 1.165) is 10.6 Å². The molecule has 0 radical (unpaired) electrons. The molecule has 1 aliphatic rings. The number of para-hydroxylation sites is 1. The molecule has 0 saturated heterocycles. The Labute approximate surface area is 148 Å². The minimum absolute atomic E-state index is 0.0213. The van der Waals surface area contributed by atoms with E-state index in [0.29, 0.717) is 11.3 Å². The summed E-state index contributed by atoms with van der Waals surface area (Å²) in [5.74, 6) is -0.598. The van der Waals surface area contributed by atoms with Crippen molar-refractivity contribution >= 4 is 40.6 Å². The molecule has 1 atom stereocenters. The number of carbonyl (C=O) groups excluding carboxylic acids is 2. The Bertz CT molecular complexity index is 869. The zero-order valence-electron chi connectivity index (χ0n) is 13.3. The van der Waals surface area contributed by atoms with E-state index in [-0.39, 0.29) is 23.9 Å². The van der Waals surface area contributed by atoms with Crippen LogP contribution >= 0.6 is 11.8 Å². The third kappa shape index (κ3) is 3.80. The second kappa shape index (κ2) is 6.94. The van der Waals surface area contributed by atoms with Gasteiger partial charge in [0.05, 0.1) is 15.9 Å². The van der Waals surface area contributed by atoms with Crippen molar-refractivity contribution < 1.29 is 14.5 Å². The molecule has 1 unspecified atom stereocenters. The number of hydrogen-bond donors (Lipinski definition) is 2. The number of carbonyl (C=O) groups is 2. The van der Waals surface area contributed by atoms with Crippen LogP contribution in [0, 0.1) is 17.0 Å². The smallest absolute Gasteiger partial charge is 0.274 e. The van der Waals surface area contributed by atoms with Crippen molar-refractivity contribution in [3.8, 4) is 0 Å². The first-order valence-electron chi connectivity index (χ1n) is 7.55. The van der Waals surface area contributed by atoms with Gasteiger partial charge in [0.1, 0.15) is 0 Å². The molecule has 2 N–H and O–H groups in total. The van der Waals surface area contributed by atoms with Crippen LogP contribution in [0.2, 0.25) is 0 Å². The Morgan fingerprint density at radius 3 is 2.84 bits per heavy atom. The maximum atomic E-state index is 12.2. The molecular weight excluding hydrogens is 342 g/mol. The lowest BCUT2D eigenvalue weighted by Gasteiger charge is -2.23. The van der Waals surface area contributed by atoms with Crippen LogP contribution < -0.4 is 10.6 Å². The summed E-state index contributed by atoms with van der Waals surface area (Å²) in [5, 5.41) is 15.8. The standard InChI is InChI=1S/C17H15N3O4S/c1-10-6-7-11(8-13(10)20(23)24)18-16(21)9-15-17(22)19-12-4-2-3-5-14(12)25-15/h2-8,15H,9H2,1H3,(H,18,21)(H,19,22). The van der Waals surface area contributed by atoms with Crippen molar-refractivity contribution in [1.29, 1.82) is 0 Å². The summed E-state index contributed by atoms with van der Waals surface area (Å²) >= 11 is 1.33. The minimum atomic E-state index is -0.546. The predicted octanol–water partition coefficient (Wildman–Crippen LogP) is 3.34. The topological polar surface area (TPSA) is 101 Å². The van der Waals surface area contributed by atoms with Crippen molar-refractivity contribution in [3.63, 3.8) is 0 Å². The summed E-state index contributed by atoms with van der Waals surface area (Å²) in [6.07, 6.45) is -0.0213. The molecule has 0 bridgehead atoms. The van der Waals surface area contributed by atoms with Gasteiger partial charge in [0.2, 0.25) is 11.8 Å². The van der Waals surface area contributed by atoms with Crippen molar-refractivity contribution in [3.05, 3.63) is 58.1 Å². The third-order valence-corrected chi connectivity index (χ3v) is 5.04. The van der Waals surface area contributed by atoms with Crippen LogP contribution in [0.15, 0.2) is 47.4 Å². The van der Waals surface area contributed by atoms with Crippen molar-refractivity contribution in [1.82, 2.24) is 0 Å². The molecule has 2 aromatic rings. The second-order valence-corrected chi connectivity index (χ2v) is 6.85. The number of thioether (sulfide) groups is 1. The largest absolute Gasteiger partial charge is 0.326 e. The predicted molar refractivity (Wildman–Crippen MR) is 95.8 cm³/mol. The molecule has 3 rings (SSSR count). The molecule has 7 nitrogen and oxygen atoms in total. The Morgan fingerprint density at radius 1 is 1.32 bits per heavy atom. The summed E-state index contributed by atoms with van der Waals surface area (Å²) in [7, 11) is 0. The number of benzene rings is 2. The van der Waals surface area contributed by atoms with Gasteiger partial charge in [0, 0.05) is 28.6 Å². The number of fused-ring (bicyclic) bond motifs is 1. The summed E-state index contributed by atoms with van der Waals surface area (Å²) in [4.78, 5) is 35.7. The highest BCUT2D eigenvalue weighted by atomic mass is 32.2. The molecule has 8 heteroatoms. The van der Waals surface area contributed by atoms with Crippen molar-refractivity contribution in [2.75, 3.05) is 10.6 Å². The number of anilines is 2. The fraction of sp³-hybridized carbons (Fsp3) is 0.176. The average molecular weight is 357 g/mol. The molecule has 1 heterocycles. The summed E-state index contributed by atoms with van der Waals surface area (Å²) < 4.78 is 0. The fourth-order valence-electron chi connectivity index (χ4n) is 2.49. The highest BCUT2D eigenvalue weighted by Gasteiger charge is 2.28. The fourth-order valence-corrected chi connectivity index (χ4v) is 3.60. The second-order valence-electron chi connectivity index (χ2n) is 5.60. The monoisotopic (exact) mass is 357 g/mol. The third-order valence-electron chi connectivity index (χ3n) is 3.77. The maximum Gasteiger partial charge on any atom is 0.274 e. The van der Waals surface area contributed by atoms with E-state index < -0.39 is 10.2 Å². The molecule has 25 heavy (non-hydrogen) atoms. The number of aryl methyl sites for hydroxylation is 1. The molecular formula is C17H15N3O4S. The number of nitrogens with zero attached hydrogens (tertiary/aromatic N) is 1. The first-order chi connectivity index (χ1) is 11.9. The van der Waals surface area contributed by atoms with Gasteiger partial charge in [0.15, 0.2) is 0 Å². The zero-order chi connectivity index (χ0) is 18.0. The Morgan fingerprint density at radius 2 is 2.08 bits per heavy atom. The Balaban J connectivity index is 1.68. The van der Waals surface area contributed by atoms with Gasteiger partial charge in [-0.1, -0.05) is 18.2 Å². The van der Waals surface area contributed by atoms with Gasteiger partial charge in [-0.2, -0.15) is 0 Å². The summed E-state index contributed by atoms with van der Waals surface area (Å²) in [6, 6.07) is 11.9. The number of nitrogens with one attached hydrogen (secondary N) is 2. The number of nitro benzene ring substituents is 1. The summed E-state index contributed by atoms with van der Waals surface area (Å²) in [6.45, 7) is 1.63. The van der Waals surface area contributed by atoms with Gasteiger partial charge in [-0.3, -0.25) is 19.7 Å². The average Bonchev–Trinajstić information content (AvgIpc) is 2.57. The number of nitro groups is 1. The normalized spacial score (nSPS) is 15.9. The van der Waals surface area contributed by atoms with Crippen LogP contribution in [0.3, 0.4) is 0 Å². The first-order valence-corrected chi connectivity index (χ1v) is 8.43. The first kappa shape index (κ1) is 17.0. The van der Waals surface area contributed by atoms with E-state index in [4.69, 9.17) is 0 Å². The Kier molecular flexibility index (Phi) is 4.71. The molecule has 1 aliphatic heterocycles. The van der Waals surface area contributed by atoms with Gasteiger partial charge in [-0.25, -0.2) is 0 Å². The van der Waals surface area contributed by atoms with Crippen LogP contribution in [-0.2, 0) is 9.59 Å². The lowest BCUT2D eigenvalue weighted by molar-refractivity contribution is -0.385. The van der Waals surface area contributed by atoms with Gasteiger partial charge < -0.3 is 10.6 Å². The molecule has 2 amide bonds. The van der Waals surface area contributed by atoms with E-state index >= 15 is 0 Å². The molecule has 0 saturated carbocycles. The van der Waals surface area contributed by atoms with E-state index in [1.165, 1.54) is 17.8 Å². The zero-order valence-corrected chi connectivity index (χ0v) is 14.1. The highest BCUT2D eigenvalue weighted by molar-refractivity contribution is 8.01. The molecule has 2 aromatic carbocycles. The van der Waals surface area contributed by atoms with Crippen molar-refractivity contribution in [2.24, 2.45) is 0 Å². The Hall–Kier alpha value is -2.87. The van der Waals surface area contributed by atoms with Gasteiger partial charge in [0.25, 0.3) is 5.69 Å². The van der Waals surface area contributed by atoms with Crippen LogP contribution in [0.1, 0.15) is 12.0 Å². The van der Waals surface area contributed by atoms with Crippen LogP contribution in [0.5, 0.6) is 0 Å². The molecule has 128 valence electrons. The maximum absolute atomic E-state index is 12.2. The molecule has 0 fully saturated rings.